The van der Waals surface area contributed by atoms with Gasteiger partial charge in [-0.1, -0.05) is 61.5 Å². The first-order valence-corrected chi connectivity index (χ1v) is 12.3. The number of nitrogens with one attached hydrogen (secondary N) is 2. The Hall–Kier alpha value is -3.51. The number of carbonyl (C=O) groups is 2. The van der Waals surface area contributed by atoms with Gasteiger partial charge >= 0.3 is 0 Å². The lowest BCUT2D eigenvalue weighted by molar-refractivity contribution is -0.112. The first-order valence-electron chi connectivity index (χ1n) is 11.5. The highest BCUT2D eigenvalue weighted by Crippen LogP contribution is 2.38. The summed E-state index contributed by atoms with van der Waals surface area (Å²) in [7, 11) is 0. The van der Waals surface area contributed by atoms with Gasteiger partial charge in [-0.05, 0) is 66.9 Å². The van der Waals surface area contributed by atoms with Crippen LogP contribution in [0.4, 0.5) is 5.69 Å². The molecule has 1 atom stereocenters. The van der Waals surface area contributed by atoms with Crippen LogP contribution in [-0.2, 0) is 4.79 Å². The fourth-order valence-electron chi connectivity index (χ4n) is 3.54. The van der Waals surface area contributed by atoms with Crippen LogP contribution in [0.3, 0.4) is 0 Å². The smallest absolute Gasteiger partial charge is 0.262 e. The molecule has 2 N–H and O–H groups in total. The molecule has 1 aliphatic heterocycles. The van der Waals surface area contributed by atoms with Crippen LogP contribution < -0.4 is 15.4 Å². The largest absolute Gasteiger partial charge is 0.494 e. The molecular weight excluding hydrogens is 444 g/mol. The number of fused-ring (bicyclic) bond motifs is 1. The summed E-state index contributed by atoms with van der Waals surface area (Å²) in [6, 6.07) is 22.7. The summed E-state index contributed by atoms with van der Waals surface area (Å²) in [6.45, 7) is 4.81. The minimum atomic E-state index is -0.145. The van der Waals surface area contributed by atoms with E-state index in [-0.39, 0.29) is 17.9 Å². The molecule has 174 valence electrons. The Balaban J connectivity index is 1.37. The van der Waals surface area contributed by atoms with Crippen LogP contribution >= 0.6 is 11.8 Å². The highest BCUT2D eigenvalue weighted by molar-refractivity contribution is 8.04. The van der Waals surface area contributed by atoms with Gasteiger partial charge in [-0.25, -0.2) is 0 Å². The summed E-state index contributed by atoms with van der Waals surface area (Å²) in [6.07, 6.45) is 3.97. The fourth-order valence-corrected chi connectivity index (χ4v) is 4.49. The highest BCUT2D eigenvalue weighted by atomic mass is 32.2. The first-order chi connectivity index (χ1) is 16.5. The molecule has 3 aromatic carbocycles. The number of para-hydroxylation sites is 1. The highest BCUT2D eigenvalue weighted by Gasteiger charge is 2.20. The van der Waals surface area contributed by atoms with Crippen LogP contribution in [0.15, 0.2) is 82.6 Å². The van der Waals surface area contributed by atoms with E-state index in [0.29, 0.717) is 17.1 Å². The maximum Gasteiger partial charge on any atom is 0.262 e. The normalized spacial score (nSPS) is 14.8. The van der Waals surface area contributed by atoms with E-state index in [1.807, 2.05) is 73.7 Å². The van der Waals surface area contributed by atoms with Gasteiger partial charge in [0.15, 0.2) is 0 Å². The van der Waals surface area contributed by atoms with Crippen molar-refractivity contribution in [3.63, 3.8) is 0 Å². The van der Waals surface area contributed by atoms with Gasteiger partial charge in [0.05, 0.1) is 23.2 Å². The summed E-state index contributed by atoms with van der Waals surface area (Å²) < 4.78 is 5.70. The minimum Gasteiger partial charge on any atom is -0.494 e. The third-order valence-electron chi connectivity index (χ3n) is 5.54. The molecule has 0 spiro atoms. The third kappa shape index (κ3) is 5.88. The van der Waals surface area contributed by atoms with Crippen LogP contribution in [-0.4, -0.2) is 18.4 Å². The summed E-state index contributed by atoms with van der Waals surface area (Å²) in [5.74, 6) is 0.573. The molecule has 0 bridgehead atoms. The molecule has 3 aromatic rings. The second-order valence-corrected chi connectivity index (χ2v) is 9.23. The SMILES string of the molecule is CCCCOc1ccc([C@H](C)NC(=O)c2ccc(/C=C3/Sc4ccccc4NC3=O)cc2)cc1. The number of carbonyl (C=O) groups excluding carboxylic acids is 2. The number of rotatable bonds is 8. The number of ether oxygens (including phenoxy) is 1. The van der Waals surface area contributed by atoms with Crippen molar-refractivity contribution in [1.29, 1.82) is 0 Å². The number of hydrogen-bond acceptors (Lipinski definition) is 4. The van der Waals surface area contributed by atoms with E-state index in [1.54, 1.807) is 12.1 Å². The molecule has 34 heavy (non-hydrogen) atoms. The van der Waals surface area contributed by atoms with Crippen molar-refractivity contribution in [2.24, 2.45) is 0 Å². The maximum atomic E-state index is 12.7. The quantitative estimate of drug-likeness (QED) is 0.292. The number of anilines is 1. The zero-order chi connectivity index (χ0) is 23.9. The number of benzene rings is 3. The molecule has 4 rings (SSSR count). The van der Waals surface area contributed by atoms with Gasteiger partial charge in [-0.15, -0.1) is 0 Å². The predicted octanol–water partition coefficient (Wildman–Crippen LogP) is 6.44. The fraction of sp³-hybridized carbons (Fsp3) is 0.214. The lowest BCUT2D eigenvalue weighted by Gasteiger charge is -2.18. The van der Waals surface area contributed by atoms with Gasteiger partial charge in [0.25, 0.3) is 11.8 Å². The summed E-state index contributed by atoms with van der Waals surface area (Å²) in [4.78, 5) is 26.8. The summed E-state index contributed by atoms with van der Waals surface area (Å²) in [5, 5.41) is 5.95. The minimum absolute atomic E-state index is 0.124. The van der Waals surface area contributed by atoms with E-state index in [1.165, 1.54) is 11.8 Å². The van der Waals surface area contributed by atoms with Crippen LogP contribution in [0.1, 0.15) is 54.2 Å². The molecule has 2 amide bonds. The average Bonchev–Trinajstić information content (AvgIpc) is 2.85. The third-order valence-corrected chi connectivity index (χ3v) is 6.64. The molecule has 0 aliphatic carbocycles. The molecule has 0 radical (unpaired) electrons. The van der Waals surface area contributed by atoms with E-state index in [4.69, 9.17) is 4.74 Å². The lowest BCUT2D eigenvalue weighted by Crippen LogP contribution is -2.26. The van der Waals surface area contributed by atoms with Crippen molar-refractivity contribution >= 4 is 35.3 Å². The molecule has 1 heterocycles. The molecule has 0 saturated carbocycles. The zero-order valence-corrected chi connectivity index (χ0v) is 20.2. The van der Waals surface area contributed by atoms with Crippen molar-refractivity contribution in [2.75, 3.05) is 11.9 Å². The van der Waals surface area contributed by atoms with Crippen LogP contribution in [0.5, 0.6) is 5.75 Å². The van der Waals surface area contributed by atoms with Crippen molar-refractivity contribution in [1.82, 2.24) is 5.32 Å². The van der Waals surface area contributed by atoms with Gasteiger partial charge in [0.2, 0.25) is 0 Å². The van der Waals surface area contributed by atoms with Crippen LogP contribution in [0.25, 0.3) is 6.08 Å². The molecule has 0 aromatic heterocycles. The maximum absolute atomic E-state index is 12.7. The molecule has 6 heteroatoms. The van der Waals surface area contributed by atoms with E-state index in [0.717, 1.165) is 40.3 Å². The van der Waals surface area contributed by atoms with Crippen molar-refractivity contribution in [2.45, 2.75) is 37.6 Å². The molecule has 0 fully saturated rings. The van der Waals surface area contributed by atoms with Crippen molar-refractivity contribution in [3.8, 4) is 5.75 Å². The Labute approximate surface area is 204 Å². The van der Waals surface area contributed by atoms with Crippen LogP contribution in [0.2, 0.25) is 0 Å². The van der Waals surface area contributed by atoms with Crippen LogP contribution in [0, 0.1) is 0 Å². The Morgan fingerprint density at radius 3 is 2.53 bits per heavy atom. The second-order valence-electron chi connectivity index (χ2n) is 8.15. The molecule has 1 aliphatic rings. The number of thioether (sulfide) groups is 1. The standard InChI is InChI=1S/C28H28N2O3S/c1-3-4-17-33-23-15-13-21(14-16-23)19(2)29-27(31)22-11-9-20(10-12-22)18-26-28(32)30-24-7-5-6-8-25(24)34-26/h5-16,18-19H,3-4,17H2,1-2H3,(H,29,31)(H,30,32)/b26-18+/t19-/m0/s1. The van der Waals surface area contributed by atoms with E-state index in [2.05, 4.69) is 17.6 Å². The van der Waals surface area contributed by atoms with E-state index >= 15 is 0 Å². The second kappa shape index (κ2) is 11.1. The number of hydrogen-bond donors (Lipinski definition) is 2. The molecule has 0 unspecified atom stereocenters. The summed E-state index contributed by atoms with van der Waals surface area (Å²) in [5.41, 5.74) is 3.27. The topological polar surface area (TPSA) is 67.4 Å². The lowest BCUT2D eigenvalue weighted by atomic mass is 10.1. The van der Waals surface area contributed by atoms with Gasteiger partial charge in [0.1, 0.15) is 5.75 Å². The first kappa shape index (κ1) is 23.6. The van der Waals surface area contributed by atoms with Gasteiger partial charge < -0.3 is 15.4 Å². The van der Waals surface area contributed by atoms with Gasteiger partial charge in [0, 0.05) is 10.5 Å². The summed E-state index contributed by atoms with van der Waals surface area (Å²) >= 11 is 1.44. The average molecular weight is 473 g/mol. The molecule has 5 nitrogen and oxygen atoms in total. The van der Waals surface area contributed by atoms with E-state index in [9.17, 15) is 9.59 Å². The molecular formula is C28H28N2O3S. The van der Waals surface area contributed by atoms with Crippen molar-refractivity contribution in [3.05, 3.63) is 94.4 Å². The number of unbranched alkanes of at least 4 members (excludes halogenated alkanes) is 1. The van der Waals surface area contributed by atoms with Gasteiger partial charge in [-0.2, -0.15) is 0 Å². The van der Waals surface area contributed by atoms with E-state index < -0.39 is 0 Å². The van der Waals surface area contributed by atoms with Gasteiger partial charge in [-0.3, -0.25) is 9.59 Å². The Morgan fingerprint density at radius 2 is 1.79 bits per heavy atom. The Kier molecular flexibility index (Phi) is 7.70. The molecule has 0 saturated heterocycles. The Bertz CT molecular complexity index is 1190. The monoisotopic (exact) mass is 472 g/mol. The van der Waals surface area contributed by atoms with Crippen molar-refractivity contribution < 1.29 is 14.3 Å². The Morgan fingerprint density at radius 1 is 1.06 bits per heavy atom. The number of amides is 2. The predicted molar refractivity (Wildman–Crippen MR) is 138 cm³/mol. The zero-order valence-electron chi connectivity index (χ0n) is 19.3.